The molecule has 1 aliphatic carbocycles. The van der Waals surface area contributed by atoms with Crippen molar-refractivity contribution >= 4 is 5.96 Å². The van der Waals surface area contributed by atoms with Crippen LogP contribution in [0.1, 0.15) is 36.9 Å². The van der Waals surface area contributed by atoms with Gasteiger partial charge >= 0.3 is 0 Å². The number of aryl methyl sites for hydroxylation is 1. The van der Waals surface area contributed by atoms with Gasteiger partial charge in [-0.05, 0) is 49.8 Å². The zero-order valence-corrected chi connectivity index (χ0v) is 11.8. The minimum atomic E-state index is -0.160. The van der Waals surface area contributed by atoms with E-state index in [1.165, 1.54) is 12.8 Å². The average Bonchev–Trinajstić information content (AvgIpc) is 3.21. The molecule has 0 spiro atoms. The van der Waals surface area contributed by atoms with Crippen LogP contribution in [-0.2, 0) is 0 Å². The summed E-state index contributed by atoms with van der Waals surface area (Å²) in [5, 5.41) is 6.59. The van der Waals surface area contributed by atoms with Gasteiger partial charge < -0.3 is 10.6 Å². The van der Waals surface area contributed by atoms with Gasteiger partial charge in [0.15, 0.2) is 5.96 Å². The van der Waals surface area contributed by atoms with Gasteiger partial charge in [-0.3, -0.25) is 4.99 Å². The van der Waals surface area contributed by atoms with Gasteiger partial charge in [0.1, 0.15) is 5.82 Å². The van der Waals surface area contributed by atoms with Crippen LogP contribution in [0, 0.1) is 18.7 Å². The summed E-state index contributed by atoms with van der Waals surface area (Å²) in [7, 11) is 1.75. The SMILES string of the molecule is CN=C(NCC1CC1)NC(C)c1ccc(C)c(F)c1. The molecule has 0 bridgehead atoms. The third-order valence-corrected chi connectivity index (χ3v) is 3.53. The molecule has 1 aliphatic rings. The Morgan fingerprint density at radius 1 is 1.47 bits per heavy atom. The number of aliphatic imine (C=N–C) groups is 1. The Morgan fingerprint density at radius 2 is 2.21 bits per heavy atom. The fourth-order valence-corrected chi connectivity index (χ4v) is 1.92. The molecule has 1 fully saturated rings. The summed E-state index contributed by atoms with van der Waals surface area (Å²) in [5.74, 6) is 1.41. The number of nitrogens with zero attached hydrogens (tertiary/aromatic N) is 1. The molecule has 0 amide bonds. The minimum absolute atomic E-state index is 0.0282. The van der Waals surface area contributed by atoms with Crippen molar-refractivity contribution in [1.29, 1.82) is 0 Å². The zero-order valence-electron chi connectivity index (χ0n) is 11.8. The molecule has 3 nitrogen and oxygen atoms in total. The lowest BCUT2D eigenvalue weighted by Crippen LogP contribution is -2.39. The third kappa shape index (κ3) is 3.94. The van der Waals surface area contributed by atoms with Crippen LogP contribution >= 0.6 is 0 Å². The van der Waals surface area contributed by atoms with Crippen LogP contribution in [0.25, 0.3) is 0 Å². The second-order valence-electron chi connectivity index (χ2n) is 5.27. The summed E-state index contributed by atoms with van der Waals surface area (Å²) in [6, 6.07) is 5.37. The van der Waals surface area contributed by atoms with Crippen molar-refractivity contribution in [3.63, 3.8) is 0 Å². The fourth-order valence-electron chi connectivity index (χ4n) is 1.92. The van der Waals surface area contributed by atoms with Gasteiger partial charge in [0.2, 0.25) is 0 Å². The topological polar surface area (TPSA) is 36.4 Å². The molecular weight excluding hydrogens is 241 g/mol. The van der Waals surface area contributed by atoms with E-state index in [1.807, 2.05) is 19.1 Å². The molecule has 0 radical (unpaired) electrons. The highest BCUT2D eigenvalue weighted by Crippen LogP contribution is 2.27. The van der Waals surface area contributed by atoms with Gasteiger partial charge in [-0.25, -0.2) is 4.39 Å². The molecular formula is C15H22FN3. The number of halogens is 1. The standard InChI is InChI=1S/C15H22FN3/c1-10-4-7-13(8-14(10)16)11(2)19-15(17-3)18-9-12-5-6-12/h4,7-8,11-12H,5-6,9H2,1-3H3,(H2,17,18,19). The molecule has 19 heavy (non-hydrogen) atoms. The molecule has 0 aromatic heterocycles. The number of guanidine groups is 1. The summed E-state index contributed by atoms with van der Waals surface area (Å²) < 4.78 is 13.5. The first-order valence-corrected chi connectivity index (χ1v) is 6.83. The first-order chi connectivity index (χ1) is 9.10. The van der Waals surface area contributed by atoms with Crippen LogP contribution in [0.3, 0.4) is 0 Å². The van der Waals surface area contributed by atoms with Gasteiger partial charge in [0.05, 0.1) is 6.04 Å². The van der Waals surface area contributed by atoms with E-state index < -0.39 is 0 Å². The van der Waals surface area contributed by atoms with Crippen molar-refractivity contribution in [1.82, 2.24) is 10.6 Å². The predicted octanol–water partition coefficient (Wildman–Crippen LogP) is 2.77. The Labute approximate surface area is 114 Å². The summed E-state index contributed by atoms with van der Waals surface area (Å²) in [6.07, 6.45) is 2.62. The summed E-state index contributed by atoms with van der Waals surface area (Å²) in [4.78, 5) is 4.19. The van der Waals surface area contributed by atoms with Crippen molar-refractivity contribution in [2.75, 3.05) is 13.6 Å². The van der Waals surface area contributed by atoms with Crippen LogP contribution in [-0.4, -0.2) is 19.6 Å². The van der Waals surface area contributed by atoms with Crippen LogP contribution in [0.5, 0.6) is 0 Å². The van der Waals surface area contributed by atoms with E-state index in [1.54, 1.807) is 20.0 Å². The number of benzene rings is 1. The van der Waals surface area contributed by atoms with E-state index in [-0.39, 0.29) is 11.9 Å². The van der Waals surface area contributed by atoms with Gasteiger partial charge in [-0.15, -0.1) is 0 Å². The molecule has 4 heteroatoms. The summed E-state index contributed by atoms with van der Waals surface area (Å²) in [5.41, 5.74) is 1.60. The molecule has 1 saturated carbocycles. The highest BCUT2D eigenvalue weighted by molar-refractivity contribution is 5.80. The smallest absolute Gasteiger partial charge is 0.191 e. The average molecular weight is 263 g/mol. The number of nitrogens with one attached hydrogen (secondary N) is 2. The van der Waals surface area contributed by atoms with Crippen molar-refractivity contribution in [3.8, 4) is 0 Å². The number of hydrogen-bond acceptors (Lipinski definition) is 1. The van der Waals surface area contributed by atoms with Gasteiger partial charge in [0.25, 0.3) is 0 Å². The molecule has 0 aliphatic heterocycles. The molecule has 1 aromatic carbocycles. The van der Waals surface area contributed by atoms with Gasteiger partial charge in [0, 0.05) is 13.6 Å². The zero-order chi connectivity index (χ0) is 13.8. The quantitative estimate of drug-likeness (QED) is 0.647. The second kappa shape index (κ2) is 6.04. The van der Waals surface area contributed by atoms with Crippen LogP contribution < -0.4 is 10.6 Å². The van der Waals surface area contributed by atoms with Crippen LogP contribution in [0.4, 0.5) is 4.39 Å². The molecule has 1 unspecified atom stereocenters. The number of rotatable bonds is 4. The molecule has 0 heterocycles. The fraction of sp³-hybridized carbons (Fsp3) is 0.533. The van der Waals surface area contributed by atoms with Crippen molar-refractivity contribution in [2.45, 2.75) is 32.7 Å². The molecule has 2 N–H and O–H groups in total. The van der Waals surface area contributed by atoms with Gasteiger partial charge in [-0.1, -0.05) is 12.1 Å². The lowest BCUT2D eigenvalue weighted by atomic mass is 10.1. The van der Waals surface area contributed by atoms with Crippen LogP contribution in [0.2, 0.25) is 0 Å². The van der Waals surface area contributed by atoms with Crippen molar-refractivity contribution in [3.05, 3.63) is 35.1 Å². The molecule has 1 atom stereocenters. The summed E-state index contributed by atoms with van der Waals surface area (Å²) >= 11 is 0. The Hall–Kier alpha value is -1.58. The van der Waals surface area contributed by atoms with Crippen molar-refractivity contribution < 1.29 is 4.39 Å². The highest BCUT2D eigenvalue weighted by Gasteiger charge is 2.21. The minimum Gasteiger partial charge on any atom is -0.356 e. The Morgan fingerprint density at radius 3 is 2.79 bits per heavy atom. The van der Waals surface area contributed by atoms with E-state index in [9.17, 15) is 4.39 Å². The van der Waals surface area contributed by atoms with Gasteiger partial charge in [-0.2, -0.15) is 0 Å². The van der Waals surface area contributed by atoms with E-state index in [0.717, 1.165) is 24.0 Å². The maximum atomic E-state index is 13.5. The largest absolute Gasteiger partial charge is 0.356 e. The lowest BCUT2D eigenvalue weighted by Gasteiger charge is -2.18. The molecule has 2 rings (SSSR count). The maximum Gasteiger partial charge on any atom is 0.191 e. The maximum absolute atomic E-state index is 13.5. The molecule has 104 valence electrons. The van der Waals surface area contributed by atoms with E-state index in [0.29, 0.717) is 5.56 Å². The van der Waals surface area contributed by atoms with E-state index in [4.69, 9.17) is 0 Å². The summed E-state index contributed by atoms with van der Waals surface area (Å²) in [6.45, 7) is 4.75. The predicted molar refractivity (Wildman–Crippen MR) is 76.8 cm³/mol. The third-order valence-electron chi connectivity index (χ3n) is 3.53. The molecule has 0 saturated heterocycles. The Balaban J connectivity index is 1.93. The van der Waals surface area contributed by atoms with E-state index >= 15 is 0 Å². The van der Waals surface area contributed by atoms with E-state index in [2.05, 4.69) is 15.6 Å². The monoisotopic (exact) mass is 263 g/mol. The highest BCUT2D eigenvalue weighted by atomic mass is 19.1. The lowest BCUT2D eigenvalue weighted by molar-refractivity contribution is 0.607. The normalized spacial score (nSPS) is 17.2. The first-order valence-electron chi connectivity index (χ1n) is 6.83. The Bertz CT molecular complexity index is 466. The molecule has 1 aromatic rings. The second-order valence-corrected chi connectivity index (χ2v) is 5.27. The van der Waals surface area contributed by atoms with Crippen LogP contribution in [0.15, 0.2) is 23.2 Å². The Kier molecular flexibility index (Phi) is 4.40. The van der Waals surface area contributed by atoms with Crippen molar-refractivity contribution in [2.24, 2.45) is 10.9 Å². The first kappa shape index (κ1) is 13.8. The number of hydrogen-bond donors (Lipinski definition) is 2.